The normalized spacial score (nSPS) is 11.2. The van der Waals surface area contributed by atoms with Crippen LogP contribution in [-0.4, -0.2) is 18.0 Å². The van der Waals surface area contributed by atoms with Crippen molar-refractivity contribution in [3.05, 3.63) is 64.4 Å². The molecular formula is C17H12ClFN2O3. The molecule has 0 radical (unpaired) electrons. The first-order chi connectivity index (χ1) is 11.4. The summed E-state index contributed by atoms with van der Waals surface area (Å²) in [6, 6.07) is 11.7. The van der Waals surface area contributed by atoms with Crippen LogP contribution >= 0.6 is 11.6 Å². The van der Waals surface area contributed by atoms with Gasteiger partial charge in [0.1, 0.15) is 5.82 Å². The fraction of sp³-hybridized carbons (Fsp3) is 0.118. The summed E-state index contributed by atoms with van der Waals surface area (Å²) in [6.07, 6.45) is -1.17. The number of carbonyl (C=O) groups is 2. The van der Waals surface area contributed by atoms with Gasteiger partial charge in [0, 0.05) is 10.7 Å². The van der Waals surface area contributed by atoms with E-state index in [9.17, 15) is 14.0 Å². The Morgan fingerprint density at radius 3 is 2.75 bits per heavy atom. The zero-order chi connectivity index (χ0) is 17.7. The van der Waals surface area contributed by atoms with Crippen molar-refractivity contribution in [3.63, 3.8) is 0 Å². The summed E-state index contributed by atoms with van der Waals surface area (Å²) in [5.41, 5.74) is 0.406. The van der Waals surface area contributed by atoms with E-state index >= 15 is 0 Å². The number of rotatable bonds is 4. The van der Waals surface area contributed by atoms with Crippen molar-refractivity contribution >= 4 is 29.2 Å². The summed E-state index contributed by atoms with van der Waals surface area (Å²) in [6.45, 7) is 1.35. The number of halogens is 2. The van der Waals surface area contributed by atoms with Crippen LogP contribution in [0.1, 0.15) is 22.8 Å². The Bertz CT molecular complexity index is 833. The molecule has 0 aromatic heterocycles. The molecule has 0 bridgehead atoms. The molecule has 0 aliphatic carbocycles. The number of ether oxygens (including phenoxy) is 1. The van der Waals surface area contributed by atoms with Gasteiger partial charge in [0.2, 0.25) is 0 Å². The number of anilines is 1. The van der Waals surface area contributed by atoms with Gasteiger partial charge in [-0.2, -0.15) is 5.26 Å². The molecule has 0 unspecified atom stereocenters. The Morgan fingerprint density at radius 2 is 2.04 bits per heavy atom. The molecule has 0 saturated heterocycles. The van der Waals surface area contributed by atoms with E-state index in [1.54, 1.807) is 18.2 Å². The minimum Gasteiger partial charge on any atom is -0.449 e. The largest absolute Gasteiger partial charge is 0.449 e. The Morgan fingerprint density at radius 1 is 1.29 bits per heavy atom. The third-order valence-electron chi connectivity index (χ3n) is 3.06. The number of hydrogen-bond donors (Lipinski definition) is 1. The van der Waals surface area contributed by atoms with Crippen LogP contribution in [0.15, 0.2) is 42.5 Å². The molecule has 2 aromatic rings. The Labute approximate surface area is 142 Å². The van der Waals surface area contributed by atoms with Crippen LogP contribution in [0.3, 0.4) is 0 Å². The Balaban J connectivity index is 2.04. The lowest BCUT2D eigenvalue weighted by Gasteiger charge is -2.14. The molecule has 0 aliphatic rings. The summed E-state index contributed by atoms with van der Waals surface area (Å²) in [5, 5.41) is 11.5. The van der Waals surface area contributed by atoms with Crippen molar-refractivity contribution in [2.24, 2.45) is 0 Å². The predicted octanol–water partition coefficient (Wildman–Crippen LogP) is 3.53. The summed E-state index contributed by atoms with van der Waals surface area (Å²) < 4.78 is 18.6. The number of carbonyl (C=O) groups excluding carboxylic acids is 2. The van der Waals surface area contributed by atoms with Crippen LogP contribution < -0.4 is 5.32 Å². The van der Waals surface area contributed by atoms with Gasteiger partial charge in [-0.15, -0.1) is 0 Å². The van der Waals surface area contributed by atoms with Gasteiger partial charge in [0.05, 0.1) is 17.2 Å². The summed E-state index contributed by atoms with van der Waals surface area (Å²) in [5.74, 6) is -2.40. The van der Waals surface area contributed by atoms with E-state index < -0.39 is 23.8 Å². The minimum atomic E-state index is -1.17. The Kier molecular flexibility index (Phi) is 5.51. The lowest BCUT2D eigenvalue weighted by atomic mass is 10.2. The third-order valence-corrected chi connectivity index (χ3v) is 3.30. The van der Waals surface area contributed by atoms with Gasteiger partial charge in [-0.3, -0.25) is 4.79 Å². The number of nitriles is 1. The van der Waals surface area contributed by atoms with Gasteiger partial charge in [0.15, 0.2) is 6.10 Å². The van der Waals surface area contributed by atoms with Gasteiger partial charge >= 0.3 is 5.97 Å². The standard InChI is InChI=1S/C17H12ClFN2O3/c1-10(16(22)21-13-4-2-3-11(7-13)9-20)24-17(23)14-8-12(18)5-6-15(14)19/h2-8,10H,1H3,(H,21,22)/t10-/m0/s1. The number of esters is 1. The highest BCUT2D eigenvalue weighted by atomic mass is 35.5. The van der Waals surface area contributed by atoms with Gasteiger partial charge in [-0.1, -0.05) is 17.7 Å². The van der Waals surface area contributed by atoms with E-state index in [4.69, 9.17) is 21.6 Å². The van der Waals surface area contributed by atoms with Crippen molar-refractivity contribution in [3.8, 4) is 6.07 Å². The van der Waals surface area contributed by atoms with Crippen LogP contribution in [0.25, 0.3) is 0 Å². The van der Waals surface area contributed by atoms with Crippen LogP contribution in [0.2, 0.25) is 5.02 Å². The highest BCUT2D eigenvalue weighted by molar-refractivity contribution is 6.30. The number of amides is 1. The molecule has 2 aromatic carbocycles. The number of nitrogens with zero attached hydrogens (tertiary/aromatic N) is 1. The maximum absolute atomic E-state index is 13.6. The van der Waals surface area contributed by atoms with Gasteiger partial charge in [-0.05, 0) is 43.3 Å². The van der Waals surface area contributed by atoms with E-state index in [1.165, 1.54) is 19.1 Å². The zero-order valence-electron chi connectivity index (χ0n) is 12.5. The average molecular weight is 347 g/mol. The van der Waals surface area contributed by atoms with Crippen LogP contribution in [0, 0.1) is 17.1 Å². The zero-order valence-corrected chi connectivity index (χ0v) is 13.3. The van der Waals surface area contributed by atoms with Crippen LogP contribution in [0.4, 0.5) is 10.1 Å². The van der Waals surface area contributed by atoms with Crippen molar-refractivity contribution in [1.29, 1.82) is 5.26 Å². The van der Waals surface area contributed by atoms with E-state index in [1.807, 2.05) is 6.07 Å². The first-order valence-corrected chi connectivity index (χ1v) is 7.25. The number of hydrogen-bond acceptors (Lipinski definition) is 4. The first kappa shape index (κ1) is 17.4. The molecule has 1 atom stereocenters. The van der Waals surface area contributed by atoms with Gasteiger partial charge in [-0.25, -0.2) is 9.18 Å². The topological polar surface area (TPSA) is 79.2 Å². The van der Waals surface area contributed by atoms with Crippen molar-refractivity contribution in [2.45, 2.75) is 13.0 Å². The number of nitrogens with one attached hydrogen (secondary N) is 1. The molecule has 0 heterocycles. The second kappa shape index (κ2) is 7.57. The second-order valence-electron chi connectivity index (χ2n) is 4.85. The Hall–Kier alpha value is -2.91. The predicted molar refractivity (Wildman–Crippen MR) is 86.1 cm³/mol. The van der Waals surface area contributed by atoms with Crippen molar-refractivity contribution in [1.82, 2.24) is 0 Å². The molecule has 24 heavy (non-hydrogen) atoms. The maximum atomic E-state index is 13.6. The molecule has 0 aliphatic heterocycles. The molecule has 122 valence electrons. The molecule has 2 rings (SSSR count). The van der Waals surface area contributed by atoms with Crippen LogP contribution in [-0.2, 0) is 9.53 Å². The highest BCUT2D eigenvalue weighted by Crippen LogP contribution is 2.17. The van der Waals surface area contributed by atoms with Crippen molar-refractivity contribution < 1.29 is 18.7 Å². The highest BCUT2D eigenvalue weighted by Gasteiger charge is 2.21. The SMILES string of the molecule is C[C@H](OC(=O)c1cc(Cl)ccc1F)C(=O)Nc1cccc(C#N)c1. The molecule has 0 spiro atoms. The van der Waals surface area contributed by atoms with Gasteiger partial charge < -0.3 is 10.1 Å². The van der Waals surface area contributed by atoms with E-state index in [0.29, 0.717) is 11.3 Å². The summed E-state index contributed by atoms with van der Waals surface area (Å²) in [7, 11) is 0. The quantitative estimate of drug-likeness (QED) is 0.859. The third kappa shape index (κ3) is 4.31. The summed E-state index contributed by atoms with van der Waals surface area (Å²) >= 11 is 5.72. The van der Waals surface area contributed by atoms with E-state index in [2.05, 4.69) is 5.32 Å². The fourth-order valence-electron chi connectivity index (χ4n) is 1.84. The smallest absolute Gasteiger partial charge is 0.341 e. The maximum Gasteiger partial charge on any atom is 0.341 e. The van der Waals surface area contributed by atoms with Crippen LogP contribution in [0.5, 0.6) is 0 Å². The van der Waals surface area contributed by atoms with Gasteiger partial charge in [0.25, 0.3) is 5.91 Å². The lowest BCUT2D eigenvalue weighted by molar-refractivity contribution is -0.123. The number of benzene rings is 2. The fourth-order valence-corrected chi connectivity index (χ4v) is 2.01. The molecule has 1 amide bonds. The van der Waals surface area contributed by atoms with Crippen molar-refractivity contribution in [2.75, 3.05) is 5.32 Å². The molecule has 0 saturated carbocycles. The van der Waals surface area contributed by atoms with E-state index in [-0.39, 0.29) is 10.6 Å². The summed E-state index contributed by atoms with van der Waals surface area (Å²) in [4.78, 5) is 24.0. The second-order valence-corrected chi connectivity index (χ2v) is 5.29. The minimum absolute atomic E-state index is 0.175. The first-order valence-electron chi connectivity index (χ1n) is 6.88. The molecule has 1 N–H and O–H groups in total. The molecule has 0 fully saturated rings. The van der Waals surface area contributed by atoms with E-state index in [0.717, 1.165) is 12.1 Å². The molecule has 7 heteroatoms. The lowest BCUT2D eigenvalue weighted by Crippen LogP contribution is -2.30. The average Bonchev–Trinajstić information content (AvgIpc) is 2.57. The monoisotopic (exact) mass is 346 g/mol. The molecule has 5 nitrogen and oxygen atoms in total. The molecular weight excluding hydrogens is 335 g/mol.